The number of nitrogens with one attached hydrogen (secondary N) is 1. The molecule has 1 saturated carbocycles. The van der Waals surface area contributed by atoms with Crippen LogP contribution < -0.4 is 10.1 Å². The lowest BCUT2D eigenvalue weighted by Crippen LogP contribution is -2.12. The third-order valence-corrected chi connectivity index (χ3v) is 3.91. The number of anilines is 1. The Morgan fingerprint density at radius 2 is 2.08 bits per heavy atom. The predicted octanol–water partition coefficient (Wildman–Crippen LogP) is 4.56. The first-order valence-electron chi connectivity index (χ1n) is 7.85. The van der Waals surface area contributed by atoms with Gasteiger partial charge in [0.15, 0.2) is 11.5 Å². The molecule has 0 saturated heterocycles. The van der Waals surface area contributed by atoms with Gasteiger partial charge in [-0.1, -0.05) is 6.07 Å². The molecule has 1 aliphatic carbocycles. The number of alkyl halides is 2. The lowest BCUT2D eigenvalue weighted by atomic mass is 10.2. The van der Waals surface area contributed by atoms with Crippen molar-refractivity contribution in [1.82, 2.24) is 4.98 Å². The van der Waals surface area contributed by atoms with Crippen molar-refractivity contribution in [2.75, 3.05) is 5.32 Å². The van der Waals surface area contributed by atoms with Gasteiger partial charge in [-0.3, -0.25) is 4.79 Å². The van der Waals surface area contributed by atoms with E-state index in [0.29, 0.717) is 22.7 Å². The van der Waals surface area contributed by atoms with E-state index in [0.717, 1.165) is 18.7 Å². The Bertz CT molecular complexity index is 935. The summed E-state index contributed by atoms with van der Waals surface area (Å²) in [7, 11) is 0. The van der Waals surface area contributed by atoms with Crippen molar-refractivity contribution < 1.29 is 22.7 Å². The van der Waals surface area contributed by atoms with E-state index in [1.165, 1.54) is 24.3 Å². The van der Waals surface area contributed by atoms with Crippen molar-refractivity contribution >= 4 is 22.7 Å². The zero-order chi connectivity index (χ0) is 17.4. The van der Waals surface area contributed by atoms with Crippen molar-refractivity contribution in [1.29, 1.82) is 0 Å². The number of benzene rings is 2. The van der Waals surface area contributed by atoms with Gasteiger partial charge in [0.25, 0.3) is 5.91 Å². The summed E-state index contributed by atoms with van der Waals surface area (Å²) in [4.78, 5) is 16.8. The molecule has 0 aliphatic heterocycles. The molecule has 1 amide bonds. The fraction of sp³-hybridized carbons (Fsp3) is 0.222. The van der Waals surface area contributed by atoms with Crippen molar-refractivity contribution in [3.8, 4) is 5.75 Å². The second-order valence-electron chi connectivity index (χ2n) is 5.87. The number of carbonyl (C=O) groups is 1. The maximum atomic E-state index is 12.3. The van der Waals surface area contributed by atoms with Gasteiger partial charge in [0.05, 0.1) is 0 Å². The van der Waals surface area contributed by atoms with E-state index in [2.05, 4.69) is 15.0 Å². The van der Waals surface area contributed by atoms with Crippen LogP contribution in [-0.2, 0) is 0 Å². The second kappa shape index (κ2) is 6.16. The van der Waals surface area contributed by atoms with Crippen LogP contribution in [0.15, 0.2) is 46.9 Å². The van der Waals surface area contributed by atoms with Crippen molar-refractivity contribution in [3.05, 3.63) is 53.9 Å². The Morgan fingerprint density at radius 1 is 1.24 bits per heavy atom. The van der Waals surface area contributed by atoms with Crippen LogP contribution in [0.3, 0.4) is 0 Å². The molecule has 1 heterocycles. The average molecular weight is 344 g/mol. The van der Waals surface area contributed by atoms with Gasteiger partial charge in [-0.05, 0) is 49.2 Å². The summed E-state index contributed by atoms with van der Waals surface area (Å²) in [5, 5.41) is 2.72. The molecule has 0 radical (unpaired) electrons. The number of hydrogen-bond donors (Lipinski definition) is 1. The highest BCUT2D eigenvalue weighted by molar-refractivity contribution is 6.05. The van der Waals surface area contributed by atoms with Gasteiger partial charge < -0.3 is 14.5 Å². The topological polar surface area (TPSA) is 64.4 Å². The van der Waals surface area contributed by atoms with Crippen molar-refractivity contribution in [3.63, 3.8) is 0 Å². The first kappa shape index (κ1) is 15.6. The average Bonchev–Trinajstić information content (AvgIpc) is 3.34. The first-order valence-corrected chi connectivity index (χ1v) is 7.85. The van der Waals surface area contributed by atoms with Gasteiger partial charge in [0.2, 0.25) is 0 Å². The highest BCUT2D eigenvalue weighted by Gasteiger charge is 2.28. The minimum atomic E-state index is -2.94. The van der Waals surface area contributed by atoms with E-state index >= 15 is 0 Å². The number of amides is 1. The molecular weight excluding hydrogens is 330 g/mol. The molecule has 0 unspecified atom stereocenters. The molecule has 0 bridgehead atoms. The summed E-state index contributed by atoms with van der Waals surface area (Å²) in [6.07, 6.45) is 2.18. The van der Waals surface area contributed by atoms with E-state index in [1.54, 1.807) is 18.2 Å². The summed E-state index contributed by atoms with van der Waals surface area (Å²) >= 11 is 0. The number of ether oxygens (including phenoxy) is 1. The van der Waals surface area contributed by atoms with Crippen LogP contribution in [0.2, 0.25) is 0 Å². The number of hydrogen-bond acceptors (Lipinski definition) is 4. The Hall–Kier alpha value is -2.96. The summed E-state index contributed by atoms with van der Waals surface area (Å²) in [5.41, 5.74) is 2.12. The number of nitrogens with zero attached hydrogens (tertiary/aromatic N) is 1. The quantitative estimate of drug-likeness (QED) is 0.737. The lowest BCUT2D eigenvalue weighted by molar-refractivity contribution is -0.0498. The Balaban J connectivity index is 1.52. The number of rotatable bonds is 5. The smallest absolute Gasteiger partial charge is 0.387 e. The van der Waals surface area contributed by atoms with Gasteiger partial charge in [0, 0.05) is 17.2 Å². The minimum absolute atomic E-state index is 0.0660. The minimum Gasteiger partial charge on any atom is -0.440 e. The molecule has 1 aliphatic rings. The van der Waals surface area contributed by atoms with Gasteiger partial charge in [-0.25, -0.2) is 4.98 Å². The van der Waals surface area contributed by atoms with Gasteiger partial charge in [-0.2, -0.15) is 8.78 Å². The highest BCUT2D eigenvalue weighted by atomic mass is 19.3. The standard InChI is InChI=1S/C18H14F2N2O3/c19-18(20)24-13-3-1-2-11(8-13)16(23)21-12-6-7-15-14(9-12)22-17(25-15)10-4-5-10/h1-3,6-10,18H,4-5H2,(H,21,23). The summed E-state index contributed by atoms with van der Waals surface area (Å²) in [6.45, 7) is -2.94. The molecular formula is C18H14F2N2O3. The largest absolute Gasteiger partial charge is 0.440 e. The molecule has 0 atom stereocenters. The maximum Gasteiger partial charge on any atom is 0.387 e. The van der Waals surface area contributed by atoms with Crippen LogP contribution in [0.4, 0.5) is 14.5 Å². The van der Waals surface area contributed by atoms with Crippen LogP contribution in [-0.4, -0.2) is 17.5 Å². The van der Waals surface area contributed by atoms with E-state index in [-0.39, 0.29) is 11.3 Å². The maximum absolute atomic E-state index is 12.3. The van der Waals surface area contributed by atoms with Crippen molar-refractivity contribution in [2.24, 2.45) is 0 Å². The van der Waals surface area contributed by atoms with Crippen molar-refractivity contribution in [2.45, 2.75) is 25.4 Å². The Morgan fingerprint density at radius 3 is 2.84 bits per heavy atom. The molecule has 3 aromatic rings. The predicted molar refractivity (Wildman–Crippen MR) is 87.0 cm³/mol. The van der Waals surface area contributed by atoms with E-state index in [4.69, 9.17) is 4.42 Å². The molecule has 25 heavy (non-hydrogen) atoms. The number of oxazole rings is 1. The third-order valence-electron chi connectivity index (χ3n) is 3.91. The van der Waals surface area contributed by atoms with Crippen LogP contribution >= 0.6 is 0 Å². The number of aromatic nitrogens is 1. The van der Waals surface area contributed by atoms with E-state index in [9.17, 15) is 13.6 Å². The molecule has 128 valence electrons. The fourth-order valence-corrected chi connectivity index (χ4v) is 2.54. The van der Waals surface area contributed by atoms with Crippen LogP contribution in [0, 0.1) is 0 Å². The fourth-order valence-electron chi connectivity index (χ4n) is 2.54. The third kappa shape index (κ3) is 3.45. The summed E-state index contributed by atoms with van der Waals surface area (Å²) < 4.78 is 34.5. The zero-order valence-electron chi connectivity index (χ0n) is 13.0. The van der Waals surface area contributed by atoms with Crippen LogP contribution in [0.5, 0.6) is 5.75 Å². The van der Waals surface area contributed by atoms with Crippen LogP contribution in [0.25, 0.3) is 11.1 Å². The van der Waals surface area contributed by atoms with Gasteiger partial charge in [0.1, 0.15) is 11.3 Å². The molecule has 4 rings (SSSR count). The Kier molecular flexibility index (Phi) is 3.83. The van der Waals surface area contributed by atoms with E-state index in [1.807, 2.05) is 0 Å². The monoisotopic (exact) mass is 344 g/mol. The SMILES string of the molecule is O=C(Nc1ccc2oc(C3CC3)nc2c1)c1cccc(OC(F)F)c1. The highest BCUT2D eigenvalue weighted by Crippen LogP contribution is 2.40. The van der Waals surface area contributed by atoms with Gasteiger partial charge in [-0.15, -0.1) is 0 Å². The molecule has 0 spiro atoms. The lowest BCUT2D eigenvalue weighted by Gasteiger charge is -2.08. The number of fused-ring (bicyclic) bond motifs is 1. The molecule has 1 fully saturated rings. The second-order valence-corrected chi connectivity index (χ2v) is 5.87. The van der Waals surface area contributed by atoms with E-state index < -0.39 is 12.5 Å². The number of halogens is 2. The Labute approximate surface area is 141 Å². The number of carbonyl (C=O) groups excluding carboxylic acids is 1. The van der Waals surface area contributed by atoms with Gasteiger partial charge >= 0.3 is 6.61 Å². The summed E-state index contributed by atoms with van der Waals surface area (Å²) in [5.74, 6) is 0.645. The normalized spacial score (nSPS) is 14.0. The summed E-state index contributed by atoms with van der Waals surface area (Å²) in [6, 6.07) is 10.8. The first-order chi connectivity index (χ1) is 12.1. The molecule has 1 aromatic heterocycles. The van der Waals surface area contributed by atoms with Crippen LogP contribution in [0.1, 0.15) is 35.0 Å². The molecule has 1 N–H and O–H groups in total. The zero-order valence-corrected chi connectivity index (χ0v) is 13.0. The molecule has 5 nitrogen and oxygen atoms in total. The molecule has 2 aromatic carbocycles. The molecule has 7 heteroatoms.